The smallest absolute Gasteiger partial charge is 0.318 e. The second-order valence-electron chi connectivity index (χ2n) is 8.48. The molecule has 0 bridgehead atoms. The first-order valence-electron chi connectivity index (χ1n) is 10.5. The van der Waals surface area contributed by atoms with E-state index in [-0.39, 0.29) is 17.7 Å². The maximum Gasteiger partial charge on any atom is 0.318 e. The number of nitrogens with one attached hydrogen (secondary N) is 1. The van der Waals surface area contributed by atoms with Gasteiger partial charge in [0.05, 0.1) is 13.1 Å². The van der Waals surface area contributed by atoms with Crippen LogP contribution in [0.5, 0.6) is 5.75 Å². The third-order valence-electron chi connectivity index (χ3n) is 5.76. The lowest BCUT2D eigenvalue weighted by Gasteiger charge is -2.42. The molecule has 3 heterocycles. The first-order valence-corrected chi connectivity index (χ1v) is 10.5. The van der Waals surface area contributed by atoms with E-state index in [1.807, 2.05) is 49.3 Å². The molecule has 0 atom stereocenters. The fourth-order valence-corrected chi connectivity index (χ4v) is 4.22. The van der Waals surface area contributed by atoms with Crippen molar-refractivity contribution in [2.75, 3.05) is 19.6 Å². The van der Waals surface area contributed by atoms with E-state index in [0.29, 0.717) is 13.1 Å². The number of carbonyl (C=O) groups excluding carboxylic acids is 1. The Balaban J connectivity index is 1.50. The van der Waals surface area contributed by atoms with Crippen molar-refractivity contribution in [1.29, 1.82) is 0 Å². The van der Waals surface area contributed by atoms with Gasteiger partial charge in [-0.2, -0.15) is 0 Å². The molecule has 1 aromatic carbocycles. The minimum atomic E-state index is -0.338. The van der Waals surface area contributed by atoms with E-state index < -0.39 is 0 Å². The Labute approximate surface area is 172 Å². The van der Waals surface area contributed by atoms with E-state index in [4.69, 9.17) is 4.74 Å². The fraction of sp³-hybridized carbons (Fsp3) is 0.478. The Morgan fingerprint density at radius 3 is 2.62 bits per heavy atom. The summed E-state index contributed by atoms with van der Waals surface area (Å²) in [4.78, 5) is 21.3. The van der Waals surface area contributed by atoms with Crippen LogP contribution in [0, 0.1) is 0 Å². The van der Waals surface area contributed by atoms with Crippen LogP contribution in [0.3, 0.4) is 0 Å². The molecule has 1 N–H and O–H groups in total. The van der Waals surface area contributed by atoms with E-state index in [0.717, 1.165) is 43.8 Å². The standard InChI is InChI=1S/C23H30N4O2/c1-18(2)25-22(28)27-16-20-5-3-4-6-21(20)29-23(17-27)9-13-26(14-10-23)15-19-7-11-24-12-8-19/h3-8,11-12,18H,9-10,13-17H2,1-2H3,(H,25,28). The first kappa shape index (κ1) is 19.7. The predicted molar refractivity (Wildman–Crippen MR) is 113 cm³/mol. The van der Waals surface area contributed by atoms with E-state index in [1.54, 1.807) is 0 Å². The number of piperidine rings is 1. The number of benzene rings is 1. The van der Waals surface area contributed by atoms with E-state index in [9.17, 15) is 4.79 Å². The lowest BCUT2D eigenvalue weighted by Crippen LogP contribution is -2.55. The number of urea groups is 1. The lowest BCUT2D eigenvalue weighted by molar-refractivity contribution is -0.0132. The lowest BCUT2D eigenvalue weighted by atomic mass is 9.90. The second kappa shape index (κ2) is 8.41. The summed E-state index contributed by atoms with van der Waals surface area (Å²) in [5, 5.41) is 3.05. The molecule has 0 aliphatic carbocycles. The van der Waals surface area contributed by atoms with Gasteiger partial charge < -0.3 is 15.0 Å². The third-order valence-corrected chi connectivity index (χ3v) is 5.76. The quantitative estimate of drug-likeness (QED) is 0.867. The summed E-state index contributed by atoms with van der Waals surface area (Å²) in [6.07, 6.45) is 5.49. The minimum absolute atomic E-state index is 0.0149. The summed E-state index contributed by atoms with van der Waals surface area (Å²) < 4.78 is 6.61. The molecule has 2 aliphatic rings. The van der Waals surface area contributed by atoms with Crippen LogP contribution in [0.25, 0.3) is 0 Å². The van der Waals surface area contributed by atoms with E-state index >= 15 is 0 Å². The first-order chi connectivity index (χ1) is 14.0. The van der Waals surface area contributed by atoms with Gasteiger partial charge in [-0.3, -0.25) is 9.88 Å². The zero-order chi connectivity index (χ0) is 20.3. The number of carbonyl (C=O) groups is 1. The number of para-hydroxylation sites is 1. The van der Waals surface area contributed by atoms with Crippen molar-refractivity contribution in [2.24, 2.45) is 0 Å². The van der Waals surface area contributed by atoms with Crippen LogP contribution in [0.2, 0.25) is 0 Å². The zero-order valence-corrected chi connectivity index (χ0v) is 17.3. The number of hydrogen-bond acceptors (Lipinski definition) is 4. The van der Waals surface area contributed by atoms with Gasteiger partial charge in [0, 0.05) is 56.5 Å². The molecule has 4 rings (SSSR count). The summed E-state index contributed by atoms with van der Waals surface area (Å²) in [6.45, 7) is 8.00. The van der Waals surface area contributed by atoms with Crippen LogP contribution < -0.4 is 10.1 Å². The molecule has 1 spiro atoms. The van der Waals surface area contributed by atoms with Gasteiger partial charge in [-0.15, -0.1) is 0 Å². The number of aromatic nitrogens is 1. The van der Waals surface area contributed by atoms with Crippen molar-refractivity contribution in [3.63, 3.8) is 0 Å². The summed E-state index contributed by atoms with van der Waals surface area (Å²) in [6, 6.07) is 12.3. The largest absolute Gasteiger partial charge is 0.485 e. The highest BCUT2D eigenvalue weighted by Gasteiger charge is 2.41. The van der Waals surface area contributed by atoms with Gasteiger partial charge in [-0.1, -0.05) is 18.2 Å². The maximum absolute atomic E-state index is 12.8. The van der Waals surface area contributed by atoms with Gasteiger partial charge in [0.25, 0.3) is 0 Å². The van der Waals surface area contributed by atoms with Crippen molar-refractivity contribution >= 4 is 6.03 Å². The van der Waals surface area contributed by atoms with Crippen LogP contribution in [0.4, 0.5) is 4.79 Å². The molecular formula is C23H30N4O2. The number of pyridine rings is 1. The van der Waals surface area contributed by atoms with Crippen molar-refractivity contribution in [2.45, 2.75) is 51.4 Å². The normalized spacial score (nSPS) is 18.8. The number of rotatable bonds is 3. The Morgan fingerprint density at radius 1 is 1.17 bits per heavy atom. The van der Waals surface area contributed by atoms with Crippen LogP contribution in [-0.4, -0.2) is 52.1 Å². The fourth-order valence-electron chi connectivity index (χ4n) is 4.22. The molecule has 2 amide bonds. The topological polar surface area (TPSA) is 57.7 Å². The van der Waals surface area contributed by atoms with Crippen molar-refractivity contribution < 1.29 is 9.53 Å². The SMILES string of the molecule is CC(C)NC(=O)N1Cc2ccccc2OC2(CCN(Cc3ccncc3)CC2)C1. The molecule has 0 saturated carbocycles. The molecular weight excluding hydrogens is 364 g/mol. The zero-order valence-electron chi connectivity index (χ0n) is 17.3. The molecule has 0 radical (unpaired) electrons. The molecule has 1 saturated heterocycles. The van der Waals surface area contributed by atoms with Crippen LogP contribution in [0.15, 0.2) is 48.8 Å². The average molecular weight is 395 g/mol. The van der Waals surface area contributed by atoms with Crippen molar-refractivity contribution in [3.05, 3.63) is 59.9 Å². The van der Waals surface area contributed by atoms with Gasteiger partial charge in [-0.25, -0.2) is 4.79 Å². The molecule has 6 heteroatoms. The van der Waals surface area contributed by atoms with Gasteiger partial charge >= 0.3 is 6.03 Å². The van der Waals surface area contributed by atoms with E-state index in [2.05, 4.69) is 33.4 Å². The van der Waals surface area contributed by atoms with Gasteiger partial charge in [0.15, 0.2) is 0 Å². The molecule has 1 aromatic heterocycles. The predicted octanol–water partition coefficient (Wildman–Crippen LogP) is 3.43. The van der Waals surface area contributed by atoms with Gasteiger partial charge in [0.2, 0.25) is 0 Å². The number of fused-ring (bicyclic) bond motifs is 1. The minimum Gasteiger partial charge on any atom is -0.485 e. The molecule has 6 nitrogen and oxygen atoms in total. The maximum atomic E-state index is 12.8. The second-order valence-corrected chi connectivity index (χ2v) is 8.48. The number of likely N-dealkylation sites (tertiary alicyclic amines) is 1. The number of amides is 2. The highest BCUT2D eigenvalue weighted by atomic mass is 16.5. The monoisotopic (exact) mass is 394 g/mol. The molecule has 154 valence electrons. The van der Waals surface area contributed by atoms with Gasteiger partial charge in [-0.05, 0) is 37.6 Å². The average Bonchev–Trinajstić information content (AvgIpc) is 2.87. The molecule has 1 fully saturated rings. The molecule has 2 aromatic rings. The summed E-state index contributed by atoms with van der Waals surface area (Å²) >= 11 is 0. The highest BCUT2D eigenvalue weighted by Crippen LogP contribution is 2.35. The summed E-state index contributed by atoms with van der Waals surface area (Å²) in [5.41, 5.74) is 2.01. The summed E-state index contributed by atoms with van der Waals surface area (Å²) in [7, 11) is 0. The van der Waals surface area contributed by atoms with E-state index in [1.165, 1.54) is 5.56 Å². The third kappa shape index (κ3) is 4.70. The molecule has 29 heavy (non-hydrogen) atoms. The Kier molecular flexibility index (Phi) is 5.72. The number of ether oxygens (including phenoxy) is 1. The summed E-state index contributed by atoms with van der Waals surface area (Å²) in [5.74, 6) is 0.912. The highest BCUT2D eigenvalue weighted by molar-refractivity contribution is 5.74. The molecule has 2 aliphatic heterocycles. The van der Waals surface area contributed by atoms with Crippen molar-refractivity contribution in [1.82, 2.24) is 20.1 Å². The van der Waals surface area contributed by atoms with Gasteiger partial charge in [0.1, 0.15) is 11.4 Å². The Hall–Kier alpha value is -2.60. The van der Waals surface area contributed by atoms with Crippen molar-refractivity contribution in [3.8, 4) is 5.75 Å². The van der Waals surface area contributed by atoms with Crippen LogP contribution >= 0.6 is 0 Å². The molecule has 0 unspecified atom stereocenters. The van der Waals surface area contributed by atoms with Crippen LogP contribution in [0.1, 0.15) is 37.8 Å². The Bertz CT molecular complexity index is 832. The number of nitrogens with zero attached hydrogens (tertiary/aromatic N) is 3. The number of hydrogen-bond donors (Lipinski definition) is 1. The van der Waals surface area contributed by atoms with Crippen LogP contribution in [-0.2, 0) is 13.1 Å². The Morgan fingerprint density at radius 2 is 1.90 bits per heavy atom.